The Morgan fingerprint density at radius 3 is 2.24 bits per heavy atom. The Morgan fingerprint density at radius 1 is 0.960 bits per heavy atom. The van der Waals surface area contributed by atoms with E-state index in [1.807, 2.05) is 0 Å². The van der Waals surface area contributed by atoms with Gasteiger partial charge in [0.2, 0.25) is 10.0 Å². The van der Waals surface area contributed by atoms with Gasteiger partial charge < -0.3 is 5.32 Å². The van der Waals surface area contributed by atoms with Gasteiger partial charge in [0.05, 0.1) is 4.75 Å². The van der Waals surface area contributed by atoms with Gasteiger partial charge in [-0.1, -0.05) is 24.6 Å². The zero-order chi connectivity index (χ0) is 18.3. The van der Waals surface area contributed by atoms with Gasteiger partial charge in [-0.05, 0) is 62.8 Å². The highest BCUT2D eigenvalue weighted by atomic mass is 32.2. The Morgan fingerprint density at radius 2 is 1.64 bits per heavy atom. The highest BCUT2D eigenvalue weighted by molar-refractivity contribution is 7.90. The number of rotatable bonds is 9. The molecule has 0 atom stereocenters. The minimum Gasteiger partial charge on any atom is -0.385 e. The number of hydrogen-bond acceptors (Lipinski definition) is 4. The van der Waals surface area contributed by atoms with Crippen molar-refractivity contribution in [2.75, 3.05) is 18.4 Å². The second-order valence-electron chi connectivity index (χ2n) is 7.05. The maximum atomic E-state index is 11.9. The van der Waals surface area contributed by atoms with Gasteiger partial charge in [0.25, 0.3) is 0 Å². The number of unbranched alkanes of at least 4 members (excludes halogenated alkanes) is 2. The van der Waals surface area contributed by atoms with E-state index in [-0.39, 0.29) is 0 Å². The molecule has 0 fully saturated rings. The number of thiophene rings is 1. The normalized spacial score (nSPS) is 12.3. The van der Waals surface area contributed by atoms with Gasteiger partial charge in [-0.25, -0.2) is 13.1 Å². The van der Waals surface area contributed by atoms with Gasteiger partial charge in [0, 0.05) is 23.7 Å². The summed E-state index contributed by atoms with van der Waals surface area (Å²) in [4.78, 5) is 1.28. The van der Waals surface area contributed by atoms with Crippen LogP contribution in [0.25, 0.3) is 10.4 Å². The molecule has 0 bridgehead atoms. The first-order valence-corrected chi connectivity index (χ1v) is 11.0. The molecule has 0 aliphatic carbocycles. The molecule has 1 aromatic heterocycles. The van der Waals surface area contributed by atoms with Crippen molar-refractivity contribution in [2.24, 2.45) is 0 Å². The minimum atomic E-state index is -3.22. The van der Waals surface area contributed by atoms with Crippen LogP contribution >= 0.6 is 11.3 Å². The summed E-state index contributed by atoms with van der Waals surface area (Å²) in [5.41, 5.74) is 2.36. The molecule has 2 N–H and O–H groups in total. The summed E-state index contributed by atoms with van der Waals surface area (Å²) in [6, 6.07) is 12.7. The molecule has 0 saturated carbocycles. The first-order valence-electron chi connectivity index (χ1n) is 8.67. The second kappa shape index (κ2) is 8.83. The molecule has 4 nitrogen and oxygen atoms in total. The summed E-state index contributed by atoms with van der Waals surface area (Å²) < 4.78 is 25.8. The molecule has 25 heavy (non-hydrogen) atoms. The SMILES string of the molecule is CC(C)(C)S(=O)(=O)NCCCCCNc1ccc(-c2cccs2)cc1. The molecule has 0 spiro atoms. The first-order chi connectivity index (χ1) is 11.8. The van der Waals surface area contributed by atoms with Crippen molar-refractivity contribution in [2.45, 2.75) is 44.8 Å². The Labute approximate surface area is 155 Å². The smallest absolute Gasteiger partial charge is 0.216 e. The van der Waals surface area contributed by atoms with Crippen LogP contribution in [0.4, 0.5) is 5.69 Å². The Kier molecular flexibility index (Phi) is 7.04. The Hall–Kier alpha value is -1.37. The van der Waals surface area contributed by atoms with Crippen molar-refractivity contribution in [1.82, 2.24) is 4.72 Å². The maximum Gasteiger partial charge on any atom is 0.216 e. The van der Waals surface area contributed by atoms with E-state index in [1.54, 1.807) is 32.1 Å². The molecule has 0 aliphatic heterocycles. The van der Waals surface area contributed by atoms with Gasteiger partial charge in [-0.2, -0.15) is 0 Å². The fourth-order valence-corrected chi connectivity index (χ4v) is 3.86. The van der Waals surface area contributed by atoms with Crippen molar-refractivity contribution < 1.29 is 8.42 Å². The van der Waals surface area contributed by atoms with E-state index in [9.17, 15) is 8.42 Å². The van der Waals surface area contributed by atoms with E-state index < -0.39 is 14.8 Å². The molecule has 6 heteroatoms. The third kappa shape index (κ3) is 6.13. The fraction of sp³-hybridized carbons (Fsp3) is 0.474. The van der Waals surface area contributed by atoms with E-state index in [0.29, 0.717) is 6.54 Å². The Bertz CT molecular complexity index is 731. The van der Waals surface area contributed by atoms with Crippen LogP contribution in [0.15, 0.2) is 41.8 Å². The molecule has 2 rings (SSSR count). The number of benzene rings is 1. The molecule has 1 aromatic carbocycles. The summed E-state index contributed by atoms with van der Waals surface area (Å²) >= 11 is 1.74. The average Bonchev–Trinajstić information content (AvgIpc) is 3.08. The van der Waals surface area contributed by atoms with Crippen LogP contribution in [0, 0.1) is 0 Å². The predicted octanol–water partition coefficient (Wildman–Crippen LogP) is 4.72. The lowest BCUT2D eigenvalue weighted by Crippen LogP contribution is -2.39. The molecule has 0 amide bonds. The zero-order valence-electron chi connectivity index (χ0n) is 15.2. The summed E-state index contributed by atoms with van der Waals surface area (Å²) in [6.07, 6.45) is 2.87. The summed E-state index contributed by atoms with van der Waals surface area (Å²) in [5, 5.41) is 5.50. The summed E-state index contributed by atoms with van der Waals surface area (Å²) in [7, 11) is -3.22. The standard InChI is InChI=1S/C19H28N2O2S2/c1-19(2,3)25(22,23)21-14-6-4-5-13-20-17-11-9-16(10-12-17)18-8-7-15-24-18/h7-12,15,20-21H,4-6,13-14H2,1-3H3. The van der Waals surface area contributed by atoms with Crippen LogP contribution in [0.2, 0.25) is 0 Å². The predicted molar refractivity (Wildman–Crippen MR) is 109 cm³/mol. The lowest BCUT2D eigenvalue weighted by Gasteiger charge is -2.19. The third-order valence-electron chi connectivity index (χ3n) is 3.97. The Balaban J connectivity index is 1.62. The van der Waals surface area contributed by atoms with E-state index in [0.717, 1.165) is 31.5 Å². The van der Waals surface area contributed by atoms with Crippen LogP contribution < -0.4 is 10.0 Å². The third-order valence-corrected chi connectivity index (χ3v) is 7.09. The number of sulfonamides is 1. The van der Waals surface area contributed by atoms with Crippen molar-refractivity contribution >= 4 is 27.0 Å². The van der Waals surface area contributed by atoms with E-state index in [4.69, 9.17) is 0 Å². The lowest BCUT2D eigenvalue weighted by molar-refractivity contribution is 0.540. The van der Waals surface area contributed by atoms with Gasteiger partial charge in [-0.15, -0.1) is 11.3 Å². The zero-order valence-corrected chi connectivity index (χ0v) is 16.8. The van der Waals surface area contributed by atoms with Gasteiger partial charge in [0.15, 0.2) is 0 Å². The van der Waals surface area contributed by atoms with Crippen LogP contribution in [0.5, 0.6) is 0 Å². The highest BCUT2D eigenvalue weighted by Gasteiger charge is 2.27. The fourth-order valence-electron chi connectivity index (χ4n) is 2.28. The van der Waals surface area contributed by atoms with E-state index >= 15 is 0 Å². The first kappa shape index (κ1) is 19.9. The largest absolute Gasteiger partial charge is 0.385 e. The molecule has 0 aliphatic rings. The lowest BCUT2D eigenvalue weighted by atomic mass is 10.1. The molecular formula is C19H28N2O2S2. The molecule has 138 valence electrons. The van der Waals surface area contributed by atoms with Crippen LogP contribution in [-0.4, -0.2) is 26.3 Å². The minimum absolute atomic E-state index is 0.509. The highest BCUT2D eigenvalue weighted by Crippen LogP contribution is 2.25. The second-order valence-corrected chi connectivity index (χ2v) is 10.5. The van der Waals surface area contributed by atoms with E-state index in [2.05, 4.69) is 51.8 Å². The van der Waals surface area contributed by atoms with Crippen molar-refractivity contribution in [1.29, 1.82) is 0 Å². The molecule has 2 aromatic rings. The average molecular weight is 381 g/mol. The van der Waals surface area contributed by atoms with E-state index in [1.165, 1.54) is 10.4 Å². The van der Waals surface area contributed by atoms with Crippen LogP contribution in [-0.2, 0) is 10.0 Å². The topological polar surface area (TPSA) is 58.2 Å². The maximum absolute atomic E-state index is 11.9. The monoisotopic (exact) mass is 380 g/mol. The number of hydrogen-bond donors (Lipinski definition) is 2. The van der Waals surface area contributed by atoms with Crippen molar-refractivity contribution in [3.8, 4) is 10.4 Å². The summed E-state index contributed by atoms with van der Waals surface area (Å²) in [5.74, 6) is 0. The molecule has 0 saturated heterocycles. The number of nitrogens with one attached hydrogen (secondary N) is 2. The molecule has 1 heterocycles. The quantitative estimate of drug-likeness (QED) is 0.619. The van der Waals surface area contributed by atoms with Gasteiger partial charge in [-0.3, -0.25) is 0 Å². The van der Waals surface area contributed by atoms with Gasteiger partial charge >= 0.3 is 0 Å². The van der Waals surface area contributed by atoms with Crippen LogP contribution in [0.1, 0.15) is 40.0 Å². The van der Waals surface area contributed by atoms with Crippen molar-refractivity contribution in [3.05, 3.63) is 41.8 Å². The molecule has 0 unspecified atom stereocenters. The van der Waals surface area contributed by atoms with Gasteiger partial charge in [0.1, 0.15) is 0 Å². The summed E-state index contributed by atoms with van der Waals surface area (Å²) in [6.45, 7) is 6.54. The van der Waals surface area contributed by atoms with Crippen LogP contribution in [0.3, 0.4) is 0 Å². The molecular weight excluding hydrogens is 352 g/mol. The molecule has 0 radical (unpaired) electrons. The van der Waals surface area contributed by atoms with Crippen molar-refractivity contribution in [3.63, 3.8) is 0 Å². The number of anilines is 1.